The summed E-state index contributed by atoms with van der Waals surface area (Å²) in [6.07, 6.45) is -2.36. The molecule has 0 aliphatic carbocycles. The van der Waals surface area contributed by atoms with Crippen LogP contribution in [0, 0.1) is 0 Å². The first-order valence-electron chi connectivity index (χ1n) is 11.2. The van der Waals surface area contributed by atoms with E-state index in [9.17, 15) is 18.9 Å². The second-order valence-corrected chi connectivity index (χ2v) is 9.37. The number of esters is 1. The molecule has 2 rings (SSSR count). The van der Waals surface area contributed by atoms with Gasteiger partial charge in [0, 0.05) is 13.6 Å². The van der Waals surface area contributed by atoms with Gasteiger partial charge in [0.05, 0.1) is 25.1 Å². The predicted octanol–water partition coefficient (Wildman–Crippen LogP) is 1.43. The standard InChI is InChI=1S/C20H35FN7O6P/c1-7-27(6)17-16-18(25-20(22)24-17)28(10-23-16)15(8-21)34-14(13(5)29)9-32-35(31)26-12(4)19(30)33-11(2)3/h10-15,29,35H,7-9H2,1-6H3,(H,26,31)(H2,22,24,25)/t12-,13-,14?,15+/m0/s1. The highest BCUT2D eigenvalue weighted by atomic mass is 31.1. The number of nitrogens with one attached hydrogen (secondary N) is 1. The molecular weight excluding hydrogens is 484 g/mol. The van der Waals surface area contributed by atoms with Crippen molar-refractivity contribution in [3.05, 3.63) is 6.33 Å². The fourth-order valence-corrected chi connectivity index (χ4v) is 3.85. The molecule has 198 valence electrons. The van der Waals surface area contributed by atoms with E-state index in [0.717, 1.165) is 0 Å². The molecule has 2 aromatic rings. The summed E-state index contributed by atoms with van der Waals surface area (Å²) in [5, 5.41) is 12.7. The SMILES string of the molecule is CCN(C)c1nc(N)nc2c1ncn2[C@@H](CF)OC(CO[PH](=O)N[C@@H](C)C(=O)OC(C)C)[C@H](C)O. The number of hydrogen-bond acceptors (Lipinski definition) is 11. The molecule has 0 aromatic carbocycles. The average Bonchev–Trinajstić information content (AvgIpc) is 3.20. The Morgan fingerprint density at radius 3 is 2.60 bits per heavy atom. The number of aliphatic hydroxyl groups excluding tert-OH is 1. The van der Waals surface area contributed by atoms with Gasteiger partial charge in [0.2, 0.25) is 5.95 Å². The summed E-state index contributed by atoms with van der Waals surface area (Å²) in [5.41, 5.74) is 6.52. The number of aromatic nitrogens is 4. The highest BCUT2D eigenvalue weighted by Gasteiger charge is 2.27. The molecule has 0 aliphatic heterocycles. The predicted molar refractivity (Wildman–Crippen MR) is 129 cm³/mol. The third-order valence-electron chi connectivity index (χ3n) is 4.99. The first kappa shape index (κ1) is 28.9. The molecule has 0 fully saturated rings. The van der Waals surface area contributed by atoms with Gasteiger partial charge in [0.1, 0.15) is 18.8 Å². The minimum Gasteiger partial charge on any atom is -0.462 e. The Labute approximate surface area is 204 Å². The molecule has 2 aromatic heterocycles. The van der Waals surface area contributed by atoms with Crippen molar-refractivity contribution in [2.45, 2.75) is 65.2 Å². The zero-order chi connectivity index (χ0) is 26.3. The van der Waals surface area contributed by atoms with Crippen molar-refractivity contribution in [2.75, 3.05) is 37.5 Å². The Morgan fingerprint density at radius 2 is 2.03 bits per heavy atom. The quantitative estimate of drug-likeness (QED) is 0.243. The van der Waals surface area contributed by atoms with Crippen LogP contribution >= 0.6 is 8.18 Å². The van der Waals surface area contributed by atoms with Crippen LogP contribution in [0.1, 0.15) is 40.8 Å². The van der Waals surface area contributed by atoms with Gasteiger partial charge in [-0.3, -0.25) is 13.9 Å². The van der Waals surface area contributed by atoms with E-state index < -0.39 is 45.3 Å². The minimum atomic E-state index is -2.90. The average molecular weight is 520 g/mol. The summed E-state index contributed by atoms with van der Waals surface area (Å²) in [7, 11) is -1.09. The first-order valence-corrected chi connectivity index (χ1v) is 12.5. The number of anilines is 2. The number of imidazole rings is 1. The maximum atomic E-state index is 14.1. The van der Waals surface area contributed by atoms with Crippen LogP contribution < -0.4 is 15.7 Å². The lowest BCUT2D eigenvalue weighted by Gasteiger charge is -2.26. The molecule has 2 heterocycles. The largest absolute Gasteiger partial charge is 0.462 e. The number of nitrogens with zero attached hydrogens (tertiary/aromatic N) is 5. The summed E-state index contributed by atoms with van der Waals surface area (Å²) in [6, 6.07) is -0.869. The Bertz CT molecular complexity index is 1010. The van der Waals surface area contributed by atoms with Gasteiger partial charge in [-0.25, -0.2) is 14.5 Å². The van der Waals surface area contributed by atoms with E-state index in [1.165, 1.54) is 24.7 Å². The monoisotopic (exact) mass is 519 g/mol. The van der Waals surface area contributed by atoms with Crippen LogP contribution in [-0.4, -0.2) is 81.8 Å². The van der Waals surface area contributed by atoms with E-state index in [1.807, 2.05) is 18.9 Å². The van der Waals surface area contributed by atoms with E-state index >= 15 is 0 Å². The molecule has 0 aliphatic rings. The number of carbonyl (C=O) groups excluding carboxylic acids is 1. The first-order chi connectivity index (χ1) is 16.5. The molecule has 0 spiro atoms. The van der Waals surface area contributed by atoms with Crippen LogP contribution in [0.15, 0.2) is 6.33 Å². The van der Waals surface area contributed by atoms with Crippen LogP contribution in [0.25, 0.3) is 11.2 Å². The number of ether oxygens (including phenoxy) is 2. The maximum absolute atomic E-state index is 14.1. The minimum absolute atomic E-state index is 0.0163. The molecule has 0 saturated heterocycles. The van der Waals surface area contributed by atoms with Gasteiger partial charge in [-0.1, -0.05) is 0 Å². The lowest BCUT2D eigenvalue weighted by atomic mass is 10.2. The third-order valence-corrected chi connectivity index (χ3v) is 6.08. The lowest BCUT2D eigenvalue weighted by molar-refractivity contribution is -0.149. The summed E-state index contributed by atoms with van der Waals surface area (Å²) < 4.78 is 43.8. The van der Waals surface area contributed by atoms with Gasteiger partial charge in [-0.2, -0.15) is 9.97 Å². The number of halogens is 1. The van der Waals surface area contributed by atoms with Crippen molar-refractivity contribution in [2.24, 2.45) is 0 Å². The smallest absolute Gasteiger partial charge is 0.323 e. The molecule has 13 nitrogen and oxygen atoms in total. The topological polar surface area (TPSA) is 167 Å². The third kappa shape index (κ3) is 7.80. The molecule has 0 amide bonds. The van der Waals surface area contributed by atoms with E-state index in [-0.39, 0.29) is 24.3 Å². The number of nitrogens with two attached hydrogens (primary N) is 1. The van der Waals surface area contributed by atoms with Crippen LogP contribution in [0.2, 0.25) is 0 Å². The van der Waals surface area contributed by atoms with Crippen molar-refractivity contribution >= 4 is 37.1 Å². The van der Waals surface area contributed by atoms with E-state index in [0.29, 0.717) is 17.9 Å². The van der Waals surface area contributed by atoms with E-state index in [4.69, 9.17) is 19.7 Å². The Kier molecular flexibility index (Phi) is 10.8. The molecule has 0 saturated carbocycles. The number of fused-ring (bicyclic) bond motifs is 1. The van der Waals surface area contributed by atoms with Gasteiger partial charge < -0.3 is 29.7 Å². The number of aliphatic hydroxyl groups is 1. The molecule has 0 bridgehead atoms. The summed E-state index contributed by atoms with van der Waals surface area (Å²) in [6.45, 7) is 7.55. The molecule has 15 heteroatoms. The molecule has 2 unspecified atom stereocenters. The van der Waals surface area contributed by atoms with Gasteiger partial charge in [-0.15, -0.1) is 0 Å². The van der Waals surface area contributed by atoms with Crippen LogP contribution in [0.5, 0.6) is 0 Å². The lowest BCUT2D eigenvalue weighted by Crippen LogP contribution is -2.36. The number of nitrogen functional groups attached to an aromatic ring is 1. The fraction of sp³-hybridized carbons (Fsp3) is 0.700. The van der Waals surface area contributed by atoms with Gasteiger partial charge in [0.15, 0.2) is 23.2 Å². The van der Waals surface area contributed by atoms with Crippen LogP contribution in [0.3, 0.4) is 0 Å². The Morgan fingerprint density at radius 1 is 1.34 bits per heavy atom. The Hall–Kier alpha value is -2.38. The second-order valence-electron chi connectivity index (χ2n) is 8.22. The van der Waals surface area contributed by atoms with Crippen molar-refractivity contribution in [1.29, 1.82) is 0 Å². The van der Waals surface area contributed by atoms with Gasteiger partial charge in [-0.05, 0) is 34.6 Å². The molecule has 5 atom stereocenters. The highest BCUT2D eigenvalue weighted by molar-refractivity contribution is 7.36. The van der Waals surface area contributed by atoms with Gasteiger partial charge in [0.25, 0.3) is 8.18 Å². The van der Waals surface area contributed by atoms with Crippen LogP contribution in [0.4, 0.5) is 16.2 Å². The van der Waals surface area contributed by atoms with Crippen molar-refractivity contribution in [3.63, 3.8) is 0 Å². The summed E-state index contributed by atoms with van der Waals surface area (Å²) in [5.74, 6) is -0.113. The summed E-state index contributed by atoms with van der Waals surface area (Å²) in [4.78, 5) is 26.4. The zero-order valence-corrected chi connectivity index (χ0v) is 21.8. The normalized spacial score (nSPS) is 16.1. The fourth-order valence-electron chi connectivity index (χ4n) is 2.98. The Balaban J connectivity index is 2.13. The van der Waals surface area contributed by atoms with E-state index in [2.05, 4.69) is 20.0 Å². The number of carbonyl (C=O) groups is 1. The second kappa shape index (κ2) is 13.1. The molecule has 0 radical (unpaired) electrons. The van der Waals surface area contributed by atoms with Crippen molar-refractivity contribution < 1.29 is 32.9 Å². The number of alkyl halides is 1. The van der Waals surface area contributed by atoms with E-state index in [1.54, 1.807) is 13.8 Å². The number of rotatable bonds is 14. The maximum Gasteiger partial charge on any atom is 0.323 e. The highest BCUT2D eigenvalue weighted by Crippen LogP contribution is 2.27. The van der Waals surface area contributed by atoms with Crippen molar-refractivity contribution in [3.8, 4) is 0 Å². The van der Waals surface area contributed by atoms with Crippen molar-refractivity contribution in [1.82, 2.24) is 24.6 Å². The molecular formula is C20H35FN7O6P. The molecule has 4 N–H and O–H groups in total. The zero-order valence-electron chi connectivity index (χ0n) is 20.8. The number of hydrogen-bond donors (Lipinski definition) is 3. The van der Waals surface area contributed by atoms with Crippen LogP contribution in [-0.2, 0) is 23.4 Å². The molecule has 35 heavy (non-hydrogen) atoms. The summed E-state index contributed by atoms with van der Waals surface area (Å²) >= 11 is 0. The van der Waals surface area contributed by atoms with Gasteiger partial charge >= 0.3 is 5.97 Å².